The SMILES string of the molecule is COc1ccc(Cc2nn3c(-c4cc(-c5ccccc5)n[nH]4)nnc3s2)cc1OC. The van der Waals surface area contributed by atoms with Crippen molar-refractivity contribution in [1.82, 2.24) is 30.0 Å². The summed E-state index contributed by atoms with van der Waals surface area (Å²) < 4.78 is 12.5. The first-order chi connectivity index (χ1) is 14.7. The van der Waals surface area contributed by atoms with Gasteiger partial charge in [0, 0.05) is 12.0 Å². The number of hydrogen-bond acceptors (Lipinski definition) is 7. The summed E-state index contributed by atoms with van der Waals surface area (Å²) in [7, 11) is 3.26. The zero-order chi connectivity index (χ0) is 20.5. The molecule has 0 aliphatic rings. The van der Waals surface area contributed by atoms with Crippen LogP contribution < -0.4 is 9.47 Å². The van der Waals surface area contributed by atoms with Crippen molar-refractivity contribution in [2.45, 2.75) is 6.42 Å². The summed E-state index contributed by atoms with van der Waals surface area (Å²) in [6, 6.07) is 17.8. The average molecular weight is 418 g/mol. The molecule has 0 aliphatic heterocycles. The van der Waals surface area contributed by atoms with Crippen molar-refractivity contribution in [3.63, 3.8) is 0 Å². The van der Waals surface area contributed by atoms with Crippen molar-refractivity contribution in [2.24, 2.45) is 0 Å². The number of nitrogens with zero attached hydrogens (tertiary/aromatic N) is 5. The van der Waals surface area contributed by atoms with Gasteiger partial charge in [-0.05, 0) is 23.8 Å². The minimum atomic E-state index is 0.634. The third-order valence-electron chi connectivity index (χ3n) is 4.72. The van der Waals surface area contributed by atoms with Gasteiger partial charge in [-0.15, -0.1) is 10.2 Å². The molecule has 0 unspecified atom stereocenters. The van der Waals surface area contributed by atoms with Gasteiger partial charge in [0.05, 0.1) is 19.9 Å². The van der Waals surface area contributed by atoms with E-state index in [4.69, 9.17) is 14.6 Å². The number of fused-ring (bicyclic) bond motifs is 1. The molecular weight excluding hydrogens is 400 g/mol. The Labute approximate surface area is 176 Å². The zero-order valence-corrected chi connectivity index (χ0v) is 17.2. The van der Waals surface area contributed by atoms with E-state index in [1.165, 1.54) is 11.3 Å². The van der Waals surface area contributed by atoms with Crippen LogP contribution >= 0.6 is 11.3 Å². The zero-order valence-electron chi connectivity index (χ0n) is 16.4. The summed E-state index contributed by atoms with van der Waals surface area (Å²) in [4.78, 5) is 0.733. The van der Waals surface area contributed by atoms with E-state index in [1.807, 2.05) is 54.6 Å². The number of methoxy groups -OCH3 is 2. The Kier molecular flexibility index (Phi) is 4.64. The normalized spacial score (nSPS) is 11.1. The first-order valence-corrected chi connectivity index (χ1v) is 10.1. The average Bonchev–Trinajstić information content (AvgIpc) is 3.50. The van der Waals surface area contributed by atoms with E-state index in [-0.39, 0.29) is 0 Å². The molecule has 0 bridgehead atoms. The lowest BCUT2D eigenvalue weighted by Gasteiger charge is -2.08. The van der Waals surface area contributed by atoms with Crippen LogP contribution in [0.25, 0.3) is 27.7 Å². The van der Waals surface area contributed by atoms with E-state index in [0.29, 0.717) is 23.7 Å². The van der Waals surface area contributed by atoms with Crippen LogP contribution in [0.15, 0.2) is 54.6 Å². The molecule has 8 nitrogen and oxygen atoms in total. The maximum absolute atomic E-state index is 5.39. The number of nitrogens with one attached hydrogen (secondary N) is 1. The van der Waals surface area contributed by atoms with Gasteiger partial charge in [0.1, 0.15) is 10.7 Å². The molecule has 0 spiro atoms. The van der Waals surface area contributed by atoms with Gasteiger partial charge < -0.3 is 9.47 Å². The molecule has 3 heterocycles. The monoisotopic (exact) mass is 418 g/mol. The molecule has 0 atom stereocenters. The van der Waals surface area contributed by atoms with E-state index in [1.54, 1.807) is 18.7 Å². The molecular formula is C21H18N6O2S. The van der Waals surface area contributed by atoms with Crippen molar-refractivity contribution >= 4 is 16.3 Å². The summed E-state index contributed by atoms with van der Waals surface area (Å²) in [5.41, 5.74) is 3.73. The van der Waals surface area contributed by atoms with Crippen LogP contribution in [0.3, 0.4) is 0 Å². The van der Waals surface area contributed by atoms with Gasteiger partial charge in [-0.2, -0.15) is 14.7 Å². The molecule has 0 amide bonds. The number of hydrogen-bond donors (Lipinski definition) is 1. The number of H-pyrrole nitrogens is 1. The van der Waals surface area contributed by atoms with E-state index >= 15 is 0 Å². The molecule has 30 heavy (non-hydrogen) atoms. The van der Waals surface area contributed by atoms with Crippen LogP contribution in [-0.2, 0) is 6.42 Å². The molecule has 9 heteroatoms. The van der Waals surface area contributed by atoms with Crippen LogP contribution in [0.5, 0.6) is 11.5 Å². The summed E-state index contributed by atoms with van der Waals surface area (Å²) >= 11 is 1.51. The lowest BCUT2D eigenvalue weighted by Crippen LogP contribution is -1.95. The van der Waals surface area contributed by atoms with Gasteiger partial charge >= 0.3 is 0 Å². The standard InChI is InChI=1S/C21H18N6O2S/c1-28-17-9-8-13(10-18(17)29-2)11-19-26-27-20(24-25-21(27)30-19)16-12-15(22-23-16)14-6-4-3-5-7-14/h3-10,12H,11H2,1-2H3,(H,22,23). The number of rotatable bonds is 6. The van der Waals surface area contributed by atoms with Gasteiger partial charge in [-0.25, -0.2) is 0 Å². The Morgan fingerprint density at radius 1 is 0.967 bits per heavy atom. The highest BCUT2D eigenvalue weighted by Crippen LogP contribution is 2.30. The summed E-state index contributed by atoms with van der Waals surface area (Å²) in [6.45, 7) is 0. The van der Waals surface area contributed by atoms with E-state index in [2.05, 4.69) is 20.4 Å². The molecule has 0 saturated carbocycles. The van der Waals surface area contributed by atoms with Crippen molar-refractivity contribution < 1.29 is 9.47 Å². The largest absolute Gasteiger partial charge is 0.493 e. The fraction of sp³-hybridized carbons (Fsp3) is 0.143. The van der Waals surface area contributed by atoms with Crippen LogP contribution in [0.2, 0.25) is 0 Å². The second-order valence-corrected chi connectivity index (χ2v) is 7.65. The molecule has 0 saturated heterocycles. The summed E-state index contributed by atoms with van der Waals surface area (Å²) in [5, 5.41) is 21.7. The number of aromatic amines is 1. The Balaban J connectivity index is 1.44. The number of aromatic nitrogens is 6. The fourth-order valence-electron chi connectivity index (χ4n) is 3.25. The number of benzene rings is 2. The van der Waals surface area contributed by atoms with Crippen LogP contribution in [0.1, 0.15) is 10.6 Å². The molecule has 5 aromatic rings. The van der Waals surface area contributed by atoms with Gasteiger partial charge in [-0.3, -0.25) is 5.10 Å². The minimum absolute atomic E-state index is 0.634. The number of ether oxygens (including phenoxy) is 2. The maximum atomic E-state index is 5.39. The van der Waals surface area contributed by atoms with Crippen LogP contribution in [-0.4, -0.2) is 44.2 Å². The Bertz CT molecular complexity index is 1310. The molecule has 150 valence electrons. The highest BCUT2D eigenvalue weighted by Gasteiger charge is 2.16. The van der Waals surface area contributed by atoms with Crippen molar-refractivity contribution in [3.05, 3.63) is 65.2 Å². The van der Waals surface area contributed by atoms with Crippen LogP contribution in [0.4, 0.5) is 0 Å². The van der Waals surface area contributed by atoms with Gasteiger partial charge in [0.25, 0.3) is 0 Å². The van der Waals surface area contributed by atoms with Crippen molar-refractivity contribution in [3.8, 4) is 34.3 Å². The van der Waals surface area contributed by atoms with Gasteiger partial charge in [0.15, 0.2) is 11.5 Å². The molecule has 2 aromatic carbocycles. The summed E-state index contributed by atoms with van der Waals surface area (Å²) in [5.74, 6) is 2.04. The van der Waals surface area contributed by atoms with E-state index < -0.39 is 0 Å². The third kappa shape index (κ3) is 3.29. The lowest BCUT2D eigenvalue weighted by molar-refractivity contribution is 0.354. The molecule has 0 fully saturated rings. The molecule has 0 radical (unpaired) electrons. The molecule has 3 aromatic heterocycles. The maximum Gasteiger partial charge on any atom is 0.235 e. The van der Waals surface area contributed by atoms with Gasteiger partial charge in [0.2, 0.25) is 10.8 Å². The first-order valence-electron chi connectivity index (χ1n) is 9.28. The minimum Gasteiger partial charge on any atom is -0.493 e. The molecule has 1 N–H and O–H groups in total. The Hall–Kier alpha value is -3.72. The molecule has 5 rings (SSSR count). The Morgan fingerprint density at radius 2 is 1.80 bits per heavy atom. The van der Waals surface area contributed by atoms with Crippen molar-refractivity contribution in [1.29, 1.82) is 0 Å². The quantitative estimate of drug-likeness (QED) is 0.450. The topological polar surface area (TPSA) is 90.2 Å². The Morgan fingerprint density at radius 3 is 2.60 bits per heavy atom. The second-order valence-electron chi connectivity index (χ2n) is 6.61. The highest BCUT2D eigenvalue weighted by molar-refractivity contribution is 7.16. The molecule has 0 aliphatic carbocycles. The first kappa shape index (κ1) is 18.3. The predicted octanol–water partition coefficient (Wildman–Crippen LogP) is 3.85. The highest BCUT2D eigenvalue weighted by atomic mass is 32.1. The lowest BCUT2D eigenvalue weighted by atomic mass is 10.1. The third-order valence-corrected chi connectivity index (χ3v) is 5.62. The smallest absolute Gasteiger partial charge is 0.235 e. The van der Waals surface area contributed by atoms with Gasteiger partial charge in [-0.1, -0.05) is 47.7 Å². The summed E-state index contributed by atoms with van der Waals surface area (Å²) in [6.07, 6.45) is 0.659. The van der Waals surface area contributed by atoms with Crippen LogP contribution in [0, 0.1) is 0 Å². The predicted molar refractivity (Wildman–Crippen MR) is 114 cm³/mol. The second kappa shape index (κ2) is 7.60. The van der Waals surface area contributed by atoms with E-state index in [9.17, 15) is 0 Å². The van der Waals surface area contributed by atoms with Crippen molar-refractivity contribution in [2.75, 3.05) is 14.2 Å². The van der Waals surface area contributed by atoms with E-state index in [0.717, 1.165) is 32.5 Å². The fourth-order valence-corrected chi connectivity index (χ4v) is 4.12.